The van der Waals surface area contributed by atoms with Gasteiger partial charge in [-0.25, -0.2) is 0 Å². The molecule has 0 aliphatic rings. The van der Waals surface area contributed by atoms with E-state index in [2.05, 4.69) is 65.0 Å². The summed E-state index contributed by atoms with van der Waals surface area (Å²) in [5, 5.41) is 0. The lowest BCUT2D eigenvalue weighted by molar-refractivity contribution is 0.452. The molecule has 0 aliphatic heterocycles. The van der Waals surface area contributed by atoms with Gasteiger partial charge >= 0.3 is 0 Å². The van der Waals surface area contributed by atoms with Gasteiger partial charge in [0.25, 0.3) is 0 Å². The van der Waals surface area contributed by atoms with E-state index in [1.54, 1.807) is 0 Å². The predicted octanol–water partition coefficient (Wildman–Crippen LogP) is 5.39. The monoisotopic (exact) mass is 254 g/mol. The number of hydrogen-bond donors (Lipinski definition) is 0. The first-order chi connectivity index (χ1) is 8.88. The van der Waals surface area contributed by atoms with Crippen LogP contribution >= 0.6 is 0 Å². The van der Waals surface area contributed by atoms with Crippen molar-refractivity contribution in [1.29, 1.82) is 0 Å². The molecule has 0 aliphatic carbocycles. The molecule has 1 nitrogen and oxygen atoms in total. The molecule has 2 aromatic rings. The van der Waals surface area contributed by atoms with Crippen LogP contribution in [0.3, 0.4) is 0 Å². The van der Waals surface area contributed by atoms with Crippen LogP contribution in [0.2, 0.25) is 0 Å². The molecule has 2 rings (SSSR count). The standard InChI is InChI=1S/C18H22O/c1-13-9-11-15(12-10-13)19-17-14(2)7-6-8-16(17)18(3,4)5/h6-12H,1-5H3. The second-order valence-corrected chi connectivity index (χ2v) is 6.12. The van der Waals surface area contributed by atoms with Crippen LogP contribution in [-0.2, 0) is 5.41 Å². The molecule has 0 saturated carbocycles. The van der Waals surface area contributed by atoms with Crippen LogP contribution in [0.25, 0.3) is 0 Å². The molecule has 2 aromatic carbocycles. The summed E-state index contributed by atoms with van der Waals surface area (Å²) < 4.78 is 6.12. The lowest BCUT2D eigenvalue weighted by Gasteiger charge is -2.24. The van der Waals surface area contributed by atoms with E-state index in [9.17, 15) is 0 Å². The van der Waals surface area contributed by atoms with Gasteiger partial charge in [-0.15, -0.1) is 0 Å². The van der Waals surface area contributed by atoms with Gasteiger partial charge in [0.15, 0.2) is 0 Å². The highest BCUT2D eigenvalue weighted by Crippen LogP contribution is 2.36. The van der Waals surface area contributed by atoms with Crippen molar-refractivity contribution >= 4 is 0 Å². The Balaban J connectivity index is 2.42. The lowest BCUT2D eigenvalue weighted by atomic mass is 9.85. The quantitative estimate of drug-likeness (QED) is 0.697. The molecule has 0 heterocycles. The number of rotatable bonds is 2. The van der Waals surface area contributed by atoms with Crippen molar-refractivity contribution in [3.63, 3.8) is 0 Å². The van der Waals surface area contributed by atoms with Gasteiger partial charge in [-0.2, -0.15) is 0 Å². The van der Waals surface area contributed by atoms with E-state index in [0.717, 1.165) is 11.5 Å². The number of hydrogen-bond acceptors (Lipinski definition) is 1. The van der Waals surface area contributed by atoms with Crippen LogP contribution in [0.5, 0.6) is 11.5 Å². The minimum Gasteiger partial charge on any atom is -0.457 e. The molecular weight excluding hydrogens is 232 g/mol. The van der Waals surface area contributed by atoms with Crippen molar-refractivity contribution in [2.45, 2.75) is 40.0 Å². The number of ether oxygens (including phenoxy) is 1. The van der Waals surface area contributed by atoms with Crippen LogP contribution in [0, 0.1) is 13.8 Å². The molecule has 0 aromatic heterocycles. The maximum atomic E-state index is 6.12. The number of benzene rings is 2. The minimum atomic E-state index is 0.0754. The number of aryl methyl sites for hydroxylation is 2. The van der Waals surface area contributed by atoms with Crippen LogP contribution in [0.1, 0.15) is 37.5 Å². The van der Waals surface area contributed by atoms with E-state index in [4.69, 9.17) is 4.74 Å². The molecule has 100 valence electrons. The van der Waals surface area contributed by atoms with E-state index >= 15 is 0 Å². The maximum absolute atomic E-state index is 6.12. The molecule has 0 radical (unpaired) electrons. The van der Waals surface area contributed by atoms with Crippen LogP contribution < -0.4 is 4.74 Å². The first-order valence-corrected chi connectivity index (χ1v) is 6.72. The van der Waals surface area contributed by atoms with Gasteiger partial charge in [-0.05, 0) is 37.0 Å². The lowest BCUT2D eigenvalue weighted by Crippen LogP contribution is -2.13. The molecule has 0 unspecified atom stereocenters. The molecule has 0 bridgehead atoms. The van der Waals surface area contributed by atoms with Crippen LogP contribution in [0.4, 0.5) is 0 Å². The van der Waals surface area contributed by atoms with E-state index in [1.807, 2.05) is 12.1 Å². The predicted molar refractivity (Wildman–Crippen MR) is 81.1 cm³/mol. The SMILES string of the molecule is Cc1ccc(Oc2c(C)cccc2C(C)(C)C)cc1. The highest BCUT2D eigenvalue weighted by atomic mass is 16.5. The summed E-state index contributed by atoms with van der Waals surface area (Å²) in [6, 6.07) is 14.5. The summed E-state index contributed by atoms with van der Waals surface area (Å²) >= 11 is 0. The van der Waals surface area contributed by atoms with Gasteiger partial charge in [0, 0.05) is 5.56 Å². The molecule has 19 heavy (non-hydrogen) atoms. The van der Waals surface area contributed by atoms with Crippen LogP contribution in [-0.4, -0.2) is 0 Å². The Hall–Kier alpha value is -1.76. The Labute approximate surface area is 116 Å². The highest BCUT2D eigenvalue weighted by molar-refractivity contribution is 5.47. The minimum absolute atomic E-state index is 0.0754. The normalized spacial score (nSPS) is 11.4. The summed E-state index contributed by atoms with van der Waals surface area (Å²) in [6.07, 6.45) is 0. The Morgan fingerprint density at radius 2 is 1.47 bits per heavy atom. The Bertz CT molecular complexity index is 559. The molecule has 1 heteroatoms. The Morgan fingerprint density at radius 3 is 2.05 bits per heavy atom. The summed E-state index contributed by atoms with van der Waals surface area (Å²) in [4.78, 5) is 0. The van der Waals surface area contributed by atoms with Crippen LogP contribution in [0.15, 0.2) is 42.5 Å². The zero-order valence-electron chi connectivity index (χ0n) is 12.4. The van der Waals surface area contributed by atoms with Crippen molar-refractivity contribution in [3.05, 3.63) is 59.2 Å². The molecule has 0 atom stereocenters. The average molecular weight is 254 g/mol. The fourth-order valence-electron chi connectivity index (χ4n) is 2.10. The van der Waals surface area contributed by atoms with E-state index in [0.29, 0.717) is 0 Å². The molecular formula is C18H22O. The molecule has 0 fully saturated rings. The third kappa shape index (κ3) is 3.17. The van der Waals surface area contributed by atoms with Gasteiger partial charge < -0.3 is 4.74 Å². The number of para-hydroxylation sites is 1. The summed E-state index contributed by atoms with van der Waals surface area (Å²) in [5.41, 5.74) is 3.74. The van der Waals surface area contributed by atoms with Crippen molar-refractivity contribution in [3.8, 4) is 11.5 Å². The van der Waals surface area contributed by atoms with E-state index in [1.165, 1.54) is 16.7 Å². The smallest absolute Gasteiger partial charge is 0.134 e. The molecule has 0 N–H and O–H groups in total. The molecule has 0 spiro atoms. The molecule has 0 amide bonds. The fraction of sp³-hybridized carbons (Fsp3) is 0.333. The van der Waals surface area contributed by atoms with Gasteiger partial charge in [0.2, 0.25) is 0 Å². The molecule has 0 saturated heterocycles. The van der Waals surface area contributed by atoms with Crippen molar-refractivity contribution in [1.82, 2.24) is 0 Å². The maximum Gasteiger partial charge on any atom is 0.134 e. The topological polar surface area (TPSA) is 9.23 Å². The van der Waals surface area contributed by atoms with Crippen molar-refractivity contribution in [2.24, 2.45) is 0 Å². The van der Waals surface area contributed by atoms with Gasteiger partial charge in [-0.1, -0.05) is 56.7 Å². The van der Waals surface area contributed by atoms with E-state index < -0.39 is 0 Å². The Morgan fingerprint density at radius 1 is 0.842 bits per heavy atom. The average Bonchev–Trinajstić information content (AvgIpc) is 2.33. The third-order valence-corrected chi connectivity index (χ3v) is 3.26. The van der Waals surface area contributed by atoms with Crippen molar-refractivity contribution in [2.75, 3.05) is 0 Å². The van der Waals surface area contributed by atoms with Gasteiger partial charge in [-0.3, -0.25) is 0 Å². The summed E-state index contributed by atoms with van der Waals surface area (Å²) in [6.45, 7) is 10.8. The summed E-state index contributed by atoms with van der Waals surface area (Å²) in [7, 11) is 0. The summed E-state index contributed by atoms with van der Waals surface area (Å²) in [5.74, 6) is 1.88. The first-order valence-electron chi connectivity index (χ1n) is 6.72. The van der Waals surface area contributed by atoms with Gasteiger partial charge in [0.1, 0.15) is 11.5 Å². The Kier molecular flexibility index (Phi) is 3.66. The second-order valence-electron chi connectivity index (χ2n) is 6.12. The first kappa shape index (κ1) is 13.7. The second kappa shape index (κ2) is 5.08. The van der Waals surface area contributed by atoms with E-state index in [-0.39, 0.29) is 5.41 Å². The van der Waals surface area contributed by atoms with Crippen molar-refractivity contribution < 1.29 is 4.74 Å². The highest BCUT2D eigenvalue weighted by Gasteiger charge is 2.20. The van der Waals surface area contributed by atoms with Gasteiger partial charge in [0.05, 0.1) is 0 Å². The zero-order valence-corrected chi connectivity index (χ0v) is 12.4. The third-order valence-electron chi connectivity index (χ3n) is 3.26. The largest absolute Gasteiger partial charge is 0.457 e. The zero-order chi connectivity index (χ0) is 14.0. The fourth-order valence-corrected chi connectivity index (χ4v) is 2.10.